The number of aryl methyl sites for hydroxylation is 1. The minimum absolute atomic E-state index is 0.207. The molecule has 0 unspecified atom stereocenters. The Hall–Kier alpha value is -3.66. The number of amides is 2. The number of hydrogen-bond acceptors (Lipinski definition) is 2. The number of carbonyl (C=O) groups excluding carboxylic acids is 2. The molecule has 0 heterocycles. The first-order valence-corrected chi connectivity index (χ1v) is 10.4. The SMILES string of the molecule is Cc1ccc(CNC(=O)C(=Cc2ccc(C(C)C)cc2)NC(=O)c2ccccc2)cc1. The van der Waals surface area contributed by atoms with Crippen molar-refractivity contribution in [2.75, 3.05) is 0 Å². The van der Waals surface area contributed by atoms with Crippen LogP contribution in [0.1, 0.15) is 52.4 Å². The molecular formula is C27H28N2O2. The molecule has 31 heavy (non-hydrogen) atoms. The largest absolute Gasteiger partial charge is 0.347 e. The van der Waals surface area contributed by atoms with Crippen molar-refractivity contribution in [1.29, 1.82) is 0 Å². The van der Waals surface area contributed by atoms with E-state index in [-0.39, 0.29) is 17.5 Å². The van der Waals surface area contributed by atoms with Crippen LogP contribution in [0.15, 0.2) is 84.6 Å². The molecule has 0 saturated heterocycles. The highest BCUT2D eigenvalue weighted by Crippen LogP contribution is 2.16. The zero-order valence-electron chi connectivity index (χ0n) is 18.2. The topological polar surface area (TPSA) is 58.2 Å². The Bertz CT molecular complexity index is 1050. The van der Waals surface area contributed by atoms with Crippen molar-refractivity contribution in [2.45, 2.75) is 33.2 Å². The second-order valence-electron chi connectivity index (χ2n) is 7.87. The smallest absolute Gasteiger partial charge is 0.268 e. The van der Waals surface area contributed by atoms with E-state index < -0.39 is 0 Å². The molecule has 3 aromatic carbocycles. The second-order valence-corrected chi connectivity index (χ2v) is 7.87. The van der Waals surface area contributed by atoms with Crippen molar-refractivity contribution in [3.05, 3.63) is 112 Å². The minimum Gasteiger partial charge on any atom is -0.347 e. The summed E-state index contributed by atoms with van der Waals surface area (Å²) in [6.07, 6.45) is 1.70. The molecule has 0 aromatic heterocycles. The summed E-state index contributed by atoms with van der Waals surface area (Å²) < 4.78 is 0. The van der Waals surface area contributed by atoms with Crippen molar-refractivity contribution in [2.24, 2.45) is 0 Å². The normalized spacial score (nSPS) is 11.3. The first-order valence-electron chi connectivity index (χ1n) is 10.4. The second kappa shape index (κ2) is 10.4. The molecule has 2 N–H and O–H groups in total. The van der Waals surface area contributed by atoms with Crippen molar-refractivity contribution < 1.29 is 9.59 Å². The molecule has 0 spiro atoms. The van der Waals surface area contributed by atoms with E-state index in [1.165, 1.54) is 5.56 Å². The van der Waals surface area contributed by atoms with Crippen molar-refractivity contribution in [3.63, 3.8) is 0 Å². The monoisotopic (exact) mass is 412 g/mol. The average molecular weight is 413 g/mol. The molecule has 0 aliphatic carbocycles. The summed E-state index contributed by atoms with van der Waals surface area (Å²) in [4.78, 5) is 25.6. The van der Waals surface area contributed by atoms with Crippen LogP contribution in [0, 0.1) is 6.92 Å². The van der Waals surface area contributed by atoms with Crippen LogP contribution in [0.2, 0.25) is 0 Å². The van der Waals surface area contributed by atoms with E-state index in [0.717, 1.165) is 16.7 Å². The molecule has 0 saturated carbocycles. The first kappa shape index (κ1) is 22.0. The predicted molar refractivity (Wildman–Crippen MR) is 125 cm³/mol. The maximum Gasteiger partial charge on any atom is 0.268 e. The fourth-order valence-electron chi connectivity index (χ4n) is 3.07. The Balaban J connectivity index is 1.80. The van der Waals surface area contributed by atoms with Crippen LogP contribution in [-0.2, 0) is 11.3 Å². The Morgan fingerprint density at radius 1 is 0.871 bits per heavy atom. The van der Waals surface area contributed by atoms with Gasteiger partial charge in [-0.25, -0.2) is 0 Å². The van der Waals surface area contributed by atoms with Crippen LogP contribution >= 0.6 is 0 Å². The summed E-state index contributed by atoms with van der Waals surface area (Å²) in [7, 11) is 0. The minimum atomic E-state index is -0.335. The molecule has 2 amide bonds. The van der Waals surface area contributed by atoms with Gasteiger partial charge in [-0.15, -0.1) is 0 Å². The van der Waals surface area contributed by atoms with Gasteiger partial charge in [-0.2, -0.15) is 0 Å². The number of nitrogens with one attached hydrogen (secondary N) is 2. The molecule has 4 heteroatoms. The molecule has 0 bridgehead atoms. The standard InChI is InChI=1S/C27H28N2O2/c1-19(2)23-15-13-21(14-16-23)17-25(29-26(30)24-7-5-4-6-8-24)27(31)28-18-22-11-9-20(3)10-12-22/h4-17,19H,18H2,1-3H3,(H,28,31)(H,29,30). The molecule has 0 radical (unpaired) electrons. The Morgan fingerprint density at radius 3 is 2.13 bits per heavy atom. The van der Waals surface area contributed by atoms with E-state index in [2.05, 4.69) is 24.5 Å². The number of benzene rings is 3. The maximum atomic E-state index is 12.9. The molecule has 3 aromatic rings. The van der Waals surface area contributed by atoms with Gasteiger partial charge in [0.25, 0.3) is 11.8 Å². The number of carbonyl (C=O) groups is 2. The lowest BCUT2D eigenvalue weighted by atomic mass is 10.0. The lowest BCUT2D eigenvalue weighted by Gasteiger charge is -2.12. The van der Waals surface area contributed by atoms with Crippen molar-refractivity contribution in [1.82, 2.24) is 10.6 Å². The van der Waals surface area contributed by atoms with Crippen LogP contribution in [0.4, 0.5) is 0 Å². The lowest BCUT2D eigenvalue weighted by Crippen LogP contribution is -2.34. The summed E-state index contributed by atoms with van der Waals surface area (Å²) >= 11 is 0. The summed E-state index contributed by atoms with van der Waals surface area (Å²) in [6, 6.07) is 24.8. The average Bonchev–Trinajstić information content (AvgIpc) is 2.79. The number of hydrogen-bond donors (Lipinski definition) is 2. The fraction of sp³-hybridized carbons (Fsp3) is 0.185. The number of rotatable bonds is 7. The van der Waals surface area contributed by atoms with Crippen LogP contribution in [0.5, 0.6) is 0 Å². The molecule has 158 valence electrons. The van der Waals surface area contributed by atoms with Gasteiger partial charge < -0.3 is 10.6 Å². The third-order valence-electron chi connectivity index (χ3n) is 5.02. The van der Waals surface area contributed by atoms with E-state index in [1.807, 2.05) is 61.5 Å². The van der Waals surface area contributed by atoms with E-state index in [4.69, 9.17) is 0 Å². The fourth-order valence-corrected chi connectivity index (χ4v) is 3.07. The van der Waals surface area contributed by atoms with Gasteiger partial charge in [0.05, 0.1) is 0 Å². The molecule has 0 fully saturated rings. The van der Waals surface area contributed by atoms with Crippen molar-refractivity contribution in [3.8, 4) is 0 Å². The first-order chi connectivity index (χ1) is 14.9. The highest BCUT2D eigenvalue weighted by atomic mass is 16.2. The van der Waals surface area contributed by atoms with Gasteiger partial charge in [0, 0.05) is 12.1 Å². The zero-order chi connectivity index (χ0) is 22.2. The molecular weight excluding hydrogens is 384 g/mol. The summed E-state index contributed by atoms with van der Waals surface area (Å²) in [5.41, 5.74) is 4.92. The maximum absolute atomic E-state index is 12.9. The van der Waals surface area contributed by atoms with Gasteiger partial charge in [0.1, 0.15) is 5.70 Å². The van der Waals surface area contributed by atoms with Crippen molar-refractivity contribution >= 4 is 17.9 Å². The summed E-state index contributed by atoms with van der Waals surface area (Å²) in [5, 5.41) is 5.68. The summed E-state index contributed by atoms with van der Waals surface area (Å²) in [5.74, 6) is -0.234. The molecule has 3 rings (SSSR count). The van der Waals surface area contributed by atoms with Crippen LogP contribution in [-0.4, -0.2) is 11.8 Å². The van der Waals surface area contributed by atoms with E-state index in [0.29, 0.717) is 18.0 Å². The van der Waals surface area contributed by atoms with Gasteiger partial charge in [-0.1, -0.05) is 86.1 Å². The van der Waals surface area contributed by atoms with Gasteiger partial charge in [-0.05, 0) is 47.7 Å². The predicted octanol–water partition coefficient (Wildman–Crippen LogP) is 5.21. The Kier molecular flexibility index (Phi) is 7.39. The quantitative estimate of drug-likeness (QED) is 0.524. The van der Waals surface area contributed by atoms with Gasteiger partial charge >= 0.3 is 0 Å². The molecule has 0 aliphatic heterocycles. The summed E-state index contributed by atoms with van der Waals surface area (Å²) in [6.45, 7) is 6.67. The van der Waals surface area contributed by atoms with Gasteiger partial charge in [0.2, 0.25) is 0 Å². The molecule has 0 aliphatic rings. The molecule has 0 atom stereocenters. The Labute approximate surface area is 184 Å². The van der Waals surface area contributed by atoms with E-state index in [1.54, 1.807) is 30.3 Å². The van der Waals surface area contributed by atoms with Gasteiger partial charge in [-0.3, -0.25) is 9.59 Å². The zero-order valence-corrected chi connectivity index (χ0v) is 18.2. The van der Waals surface area contributed by atoms with Crippen LogP contribution in [0.3, 0.4) is 0 Å². The van der Waals surface area contributed by atoms with E-state index >= 15 is 0 Å². The van der Waals surface area contributed by atoms with Crippen LogP contribution in [0.25, 0.3) is 6.08 Å². The van der Waals surface area contributed by atoms with E-state index in [9.17, 15) is 9.59 Å². The lowest BCUT2D eigenvalue weighted by molar-refractivity contribution is -0.117. The highest BCUT2D eigenvalue weighted by molar-refractivity contribution is 6.05. The molecule has 4 nitrogen and oxygen atoms in total. The Morgan fingerprint density at radius 2 is 1.52 bits per heavy atom. The van der Waals surface area contributed by atoms with Crippen LogP contribution < -0.4 is 10.6 Å². The third-order valence-corrected chi connectivity index (χ3v) is 5.02. The third kappa shape index (κ3) is 6.41. The van der Waals surface area contributed by atoms with Gasteiger partial charge in [0.15, 0.2) is 0 Å². The highest BCUT2D eigenvalue weighted by Gasteiger charge is 2.14.